The predicted molar refractivity (Wildman–Crippen MR) is 70.7 cm³/mol. The number of hydrogen-bond donors (Lipinski definition) is 2. The van der Waals surface area contributed by atoms with Gasteiger partial charge in [0, 0.05) is 30.6 Å². The van der Waals surface area contributed by atoms with Crippen LogP contribution >= 0.6 is 24.0 Å². The van der Waals surface area contributed by atoms with Crippen LogP contribution in [-0.2, 0) is 13.0 Å². The Balaban J connectivity index is 0.00000108. The molecule has 0 spiro atoms. The lowest BCUT2D eigenvalue weighted by Crippen LogP contribution is -2.23. The van der Waals surface area contributed by atoms with Crippen molar-refractivity contribution in [3.63, 3.8) is 0 Å². The number of aryl methyl sites for hydroxylation is 1. The second-order valence-corrected chi connectivity index (χ2v) is 4.63. The molecule has 1 aliphatic rings. The molecule has 0 amide bonds. The molecule has 2 nitrogen and oxygen atoms in total. The van der Waals surface area contributed by atoms with Crippen LogP contribution in [-0.4, -0.2) is 11.5 Å². The van der Waals surface area contributed by atoms with Crippen molar-refractivity contribution >= 4 is 34.9 Å². The lowest BCUT2D eigenvalue weighted by molar-refractivity contribution is 0.619. The highest BCUT2D eigenvalue weighted by molar-refractivity contribution is 6.35. The molecule has 0 fully saturated rings. The Morgan fingerprint density at radius 1 is 1.41 bits per heavy atom. The van der Waals surface area contributed by atoms with Gasteiger partial charge in [0.15, 0.2) is 0 Å². The van der Waals surface area contributed by atoms with Crippen molar-refractivity contribution < 1.29 is 4.39 Å². The van der Waals surface area contributed by atoms with Gasteiger partial charge in [0.1, 0.15) is 5.82 Å². The lowest BCUT2D eigenvalue weighted by atomic mass is 10.0. The molecule has 2 heterocycles. The molecule has 0 unspecified atom stereocenters. The summed E-state index contributed by atoms with van der Waals surface area (Å²) in [5.41, 5.74) is 3.90. The average Bonchev–Trinajstić information content (AvgIpc) is 2.66. The highest BCUT2D eigenvalue weighted by atomic mass is 35.5. The Morgan fingerprint density at radius 3 is 2.94 bits per heavy atom. The second-order valence-electron chi connectivity index (χ2n) is 4.22. The van der Waals surface area contributed by atoms with Gasteiger partial charge < -0.3 is 10.3 Å². The van der Waals surface area contributed by atoms with E-state index < -0.39 is 0 Å². The van der Waals surface area contributed by atoms with E-state index in [0.29, 0.717) is 10.6 Å². The summed E-state index contributed by atoms with van der Waals surface area (Å²) in [5.74, 6) is -0.232. The quantitative estimate of drug-likeness (QED) is 0.758. The van der Waals surface area contributed by atoms with Gasteiger partial charge in [-0.25, -0.2) is 4.39 Å². The molecule has 0 saturated carbocycles. The van der Waals surface area contributed by atoms with Gasteiger partial charge in [0.25, 0.3) is 0 Å². The number of benzene rings is 1. The smallest absolute Gasteiger partial charge is 0.128 e. The van der Waals surface area contributed by atoms with Crippen LogP contribution in [0.2, 0.25) is 5.02 Å². The first kappa shape index (κ1) is 12.7. The molecule has 0 radical (unpaired) electrons. The minimum absolute atomic E-state index is 0. The molecule has 5 heteroatoms. The van der Waals surface area contributed by atoms with Crippen LogP contribution in [0, 0.1) is 12.7 Å². The van der Waals surface area contributed by atoms with Gasteiger partial charge in [-0.1, -0.05) is 11.6 Å². The van der Waals surface area contributed by atoms with Crippen LogP contribution in [0.25, 0.3) is 10.9 Å². The molecule has 1 aromatic heterocycles. The molecular formula is C12H13Cl2FN2. The van der Waals surface area contributed by atoms with Crippen molar-refractivity contribution in [1.29, 1.82) is 0 Å². The number of H-pyrrole nitrogens is 1. The maximum Gasteiger partial charge on any atom is 0.128 e. The number of rotatable bonds is 0. The van der Waals surface area contributed by atoms with Crippen molar-refractivity contribution in [3.8, 4) is 0 Å². The predicted octanol–water partition coefficient (Wildman–Crippen LogP) is 3.34. The van der Waals surface area contributed by atoms with Crippen LogP contribution in [0.5, 0.6) is 0 Å². The lowest BCUT2D eigenvalue weighted by Gasteiger charge is -2.13. The summed E-state index contributed by atoms with van der Waals surface area (Å²) < 4.78 is 13.6. The monoisotopic (exact) mass is 274 g/mol. The average molecular weight is 275 g/mol. The van der Waals surface area contributed by atoms with Gasteiger partial charge in [0.05, 0.1) is 10.5 Å². The van der Waals surface area contributed by atoms with Crippen molar-refractivity contribution in [1.82, 2.24) is 10.3 Å². The maximum atomic E-state index is 13.6. The van der Waals surface area contributed by atoms with Gasteiger partial charge in [0.2, 0.25) is 0 Å². The zero-order valence-electron chi connectivity index (χ0n) is 9.36. The van der Waals surface area contributed by atoms with Crippen molar-refractivity contribution in [2.45, 2.75) is 19.9 Å². The third-order valence-electron chi connectivity index (χ3n) is 3.27. The molecule has 2 aromatic rings. The molecule has 1 aromatic carbocycles. The van der Waals surface area contributed by atoms with Crippen LogP contribution in [0.1, 0.15) is 16.8 Å². The molecule has 0 saturated heterocycles. The van der Waals surface area contributed by atoms with E-state index in [1.165, 1.54) is 17.3 Å². The maximum absolute atomic E-state index is 13.6. The van der Waals surface area contributed by atoms with E-state index >= 15 is 0 Å². The molecule has 1 aliphatic heterocycles. The fourth-order valence-corrected chi connectivity index (χ4v) is 2.67. The zero-order valence-corrected chi connectivity index (χ0v) is 10.9. The Kier molecular flexibility index (Phi) is 3.34. The number of hydrogen-bond acceptors (Lipinski definition) is 1. The summed E-state index contributed by atoms with van der Waals surface area (Å²) in [6, 6.07) is 1.38. The van der Waals surface area contributed by atoms with Crippen molar-refractivity contribution in [3.05, 3.63) is 33.7 Å². The van der Waals surface area contributed by atoms with Crippen molar-refractivity contribution in [2.75, 3.05) is 6.54 Å². The number of aromatic amines is 1. The SMILES string of the molecule is Cc1c(F)cc(Cl)c2[nH]c3c(c12)CNCC3.Cl. The summed E-state index contributed by atoms with van der Waals surface area (Å²) in [6.45, 7) is 3.55. The Hall–Kier alpha value is -0.770. The van der Waals surface area contributed by atoms with Gasteiger partial charge in [-0.3, -0.25) is 0 Å². The van der Waals surface area contributed by atoms with E-state index in [-0.39, 0.29) is 18.2 Å². The topological polar surface area (TPSA) is 27.8 Å². The molecule has 17 heavy (non-hydrogen) atoms. The standard InChI is InChI=1S/C12H12ClFN2.ClH/c1-6-9(14)4-8(13)12-11(6)7-5-15-3-2-10(7)16-12;/h4,15-16H,2-3,5H2,1H3;1H. The van der Waals surface area contributed by atoms with Gasteiger partial charge >= 0.3 is 0 Å². The fourth-order valence-electron chi connectivity index (χ4n) is 2.43. The van der Waals surface area contributed by atoms with Gasteiger partial charge in [-0.2, -0.15) is 0 Å². The summed E-state index contributed by atoms with van der Waals surface area (Å²) in [6.07, 6.45) is 0.946. The van der Waals surface area contributed by atoms with E-state index in [1.807, 2.05) is 0 Å². The molecule has 0 aliphatic carbocycles. The first-order valence-electron chi connectivity index (χ1n) is 5.37. The summed E-state index contributed by atoms with van der Waals surface area (Å²) in [7, 11) is 0. The Bertz CT molecular complexity index is 578. The molecule has 2 N–H and O–H groups in total. The number of halogens is 3. The van der Waals surface area contributed by atoms with Crippen LogP contribution < -0.4 is 5.32 Å². The minimum atomic E-state index is -0.232. The molecule has 0 atom stereocenters. The van der Waals surface area contributed by atoms with Crippen molar-refractivity contribution in [2.24, 2.45) is 0 Å². The second kappa shape index (κ2) is 4.48. The first-order chi connectivity index (χ1) is 7.68. The summed E-state index contributed by atoms with van der Waals surface area (Å²) >= 11 is 6.06. The number of nitrogens with one attached hydrogen (secondary N) is 2. The first-order valence-corrected chi connectivity index (χ1v) is 5.75. The summed E-state index contributed by atoms with van der Waals surface area (Å²) in [4.78, 5) is 3.31. The van der Waals surface area contributed by atoms with Crippen LogP contribution in [0.4, 0.5) is 4.39 Å². The normalized spacial score (nSPS) is 14.5. The van der Waals surface area contributed by atoms with E-state index in [4.69, 9.17) is 11.6 Å². The number of aromatic nitrogens is 1. The number of fused-ring (bicyclic) bond motifs is 3. The third-order valence-corrected chi connectivity index (χ3v) is 3.57. The summed E-state index contributed by atoms with van der Waals surface area (Å²) in [5, 5.41) is 4.72. The molecule has 0 bridgehead atoms. The zero-order chi connectivity index (χ0) is 11.3. The van der Waals surface area contributed by atoms with Gasteiger partial charge in [-0.15, -0.1) is 12.4 Å². The van der Waals surface area contributed by atoms with Gasteiger partial charge in [-0.05, 0) is 24.1 Å². The minimum Gasteiger partial charge on any atom is -0.357 e. The fraction of sp³-hybridized carbons (Fsp3) is 0.333. The highest BCUT2D eigenvalue weighted by Crippen LogP contribution is 2.33. The Morgan fingerprint density at radius 2 is 2.18 bits per heavy atom. The van der Waals surface area contributed by atoms with E-state index in [2.05, 4.69) is 10.3 Å². The molecule has 3 rings (SSSR count). The highest BCUT2D eigenvalue weighted by Gasteiger charge is 2.19. The third kappa shape index (κ3) is 1.82. The largest absolute Gasteiger partial charge is 0.357 e. The van der Waals surface area contributed by atoms with Crippen LogP contribution in [0.3, 0.4) is 0 Å². The molecular weight excluding hydrogens is 262 g/mol. The van der Waals surface area contributed by atoms with Crippen LogP contribution in [0.15, 0.2) is 6.07 Å². The van der Waals surface area contributed by atoms with E-state index in [0.717, 1.165) is 30.4 Å². The molecule has 92 valence electrons. The van der Waals surface area contributed by atoms with E-state index in [9.17, 15) is 4.39 Å². The van der Waals surface area contributed by atoms with E-state index in [1.54, 1.807) is 6.92 Å². The Labute approximate surface area is 110 Å².